The van der Waals surface area contributed by atoms with Crippen molar-refractivity contribution in [3.05, 3.63) is 106 Å². The van der Waals surface area contributed by atoms with Gasteiger partial charge < -0.3 is 10.6 Å². The molecule has 6 nitrogen and oxygen atoms in total. The van der Waals surface area contributed by atoms with Crippen molar-refractivity contribution in [2.75, 3.05) is 10.2 Å². The topological polar surface area (TPSA) is 78.5 Å². The molecule has 33 heavy (non-hydrogen) atoms. The number of imide groups is 1. The van der Waals surface area contributed by atoms with E-state index in [0.717, 1.165) is 21.6 Å². The first-order valence-electron chi connectivity index (χ1n) is 10.4. The number of hydrogen-bond donors (Lipinski definition) is 2. The number of halogens is 1. The minimum atomic E-state index is -0.588. The van der Waals surface area contributed by atoms with Crippen LogP contribution in [0.5, 0.6) is 0 Å². The van der Waals surface area contributed by atoms with E-state index in [9.17, 15) is 14.4 Å². The van der Waals surface area contributed by atoms with Crippen LogP contribution < -0.4 is 15.5 Å². The van der Waals surface area contributed by atoms with Gasteiger partial charge in [0.15, 0.2) is 0 Å². The lowest BCUT2D eigenvalue weighted by Crippen LogP contribution is -2.33. The molecule has 1 aliphatic heterocycles. The minimum absolute atomic E-state index is 0.0237. The highest BCUT2D eigenvalue weighted by atomic mass is 35.5. The highest BCUT2D eigenvalue weighted by Gasteiger charge is 2.39. The molecule has 0 saturated carbocycles. The van der Waals surface area contributed by atoms with Crippen LogP contribution in [0.3, 0.4) is 0 Å². The molecule has 4 rings (SSSR count). The van der Waals surface area contributed by atoms with Gasteiger partial charge in [0, 0.05) is 17.8 Å². The maximum absolute atomic E-state index is 13.1. The molecule has 0 aromatic heterocycles. The predicted octanol–water partition coefficient (Wildman–Crippen LogP) is 4.67. The summed E-state index contributed by atoms with van der Waals surface area (Å²) >= 11 is 6.26. The summed E-state index contributed by atoms with van der Waals surface area (Å²) in [5, 5.41) is 5.60. The summed E-state index contributed by atoms with van der Waals surface area (Å²) in [5.74, 6) is -1.39. The second-order valence-corrected chi connectivity index (χ2v) is 8.18. The molecule has 0 atom stereocenters. The molecule has 3 amide bonds. The molecule has 0 aliphatic carbocycles. The normalized spacial score (nSPS) is 13.5. The molecule has 3 aromatic carbocycles. The number of carbonyl (C=O) groups is 3. The summed E-state index contributed by atoms with van der Waals surface area (Å²) in [7, 11) is 0. The molecular weight excluding hydrogens is 438 g/mol. The molecular formula is C26H22ClN3O3. The summed E-state index contributed by atoms with van der Waals surface area (Å²) in [6.45, 7) is 4.11. The van der Waals surface area contributed by atoms with Gasteiger partial charge in [0.05, 0.1) is 5.69 Å². The Balaban J connectivity index is 1.52. The first kappa shape index (κ1) is 22.3. The van der Waals surface area contributed by atoms with Crippen LogP contribution in [0.2, 0.25) is 0 Å². The van der Waals surface area contributed by atoms with Crippen LogP contribution in [0.4, 0.5) is 11.4 Å². The summed E-state index contributed by atoms with van der Waals surface area (Å²) in [5.41, 5.74) is 4.04. The Morgan fingerprint density at radius 2 is 1.67 bits per heavy atom. The molecule has 7 heteroatoms. The Morgan fingerprint density at radius 3 is 2.42 bits per heavy atom. The second kappa shape index (κ2) is 9.30. The van der Waals surface area contributed by atoms with Crippen molar-refractivity contribution in [1.82, 2.24) is 5.32 Å². The van der Waals surface area contributed by atoms with Crippen molar-refractivity contribution in [3.63, 3.8) is 0 Å². The van der Waals surface area contributed by atoms with Crippen LogP contribution >= 0.6 is 11.6 Å². The fourth-order valence-corrected chi connectivity index (χ4v) is 3.77. The third-order valence-corrected chi connectivity index (χ3v) is 5.67. The molecule has 0 unspecified atom stereocenters. The average molecular weight is 460 g/mol. The minimum Gasteiger partial charge on any atom is -0.350 e. The van der Waals surface area contributed by atoms with E-state index in [1.807, 2.05) is 56.3 Å². The monoisotopic (exact) mass is 459 g/mol. The summed E-state index contributed by atoms with van der Waals surface area (Å²) < 4.78 is 0. The maximum Gasteiger partial charge on any atom is 0.283 e. The lowest BCUT2D eigenvalue weighted by atomic mass is 10.1. The number of carbonyl (C=O) groups excluding carboxylic acids is 3. The van der Waals surface area contributed by atoms with E-state index in [0.29, 0.717) is 23.5 Å². The zero-order valence-electron chi connectivity index (χ0n) is 18.2. The standard InChI is InChI=1S/C26H22ClN3O3/c1-16-11-12-17(2)21(13-16)30-25(32)22(27)23(26(30)33)29-20-10-6-9-19(14-20)24(31)28-15-18-7-4-3-5-8-18/h3-14,29H,15H2,1-2H3,(H,28,31). The highest BCUT2D eigenvalue weighted by molar-refractivity contribution is 6.53. The van der Waals surface area contributed by atoms with Crippen LogP contribution in [0.25, 0.3) is 0 Å². The summed E-state index contributed by atoms with van der Waals surface area (Å²) in [6, 6.07) is 21.8. The van der Waals surface area contributed by atoms with Crippen LogP contribution in [-0.2, 0) is 16.1 Å². The third-order valence-electron chi connectivity index (χ3n) is 5.32. The first-order chi connectivity index (χ1) is 15.8. The van der Waals surface area contributed by atoms with E-state index in [-0.39, 0.29) is 16.6 Å². The highest BCUT2D eigenvalue weighted by Crippen LogP contribution is 2.32. The number of rotatable bonds is 6. The van der Waals surface area contributed by atoms with Crippen LogP contribution in [-0.4, -0.2) is 17.7 Å². The molecule has 1 aliphatic rings. The molecule has 0 saturated heterocycles. The zero-order chi connectivity index (χ0) is 23.5. The number of benzene rings is 3. The SMILES string of the molecule is Cc1ccc(C)c(N2C(=O)C(Cl)=C(Nc3cccc(C(=O)NCc4ccccc4)c3)C2=O)c1. The quantitative estimate of drug-likeness (QED) is 0.525. The van der Waals surface area contributed by atoms with Gasteiger partial charge in [-0.3, -0.25) is 14.4 Å². The molecule has 0 bridgehead atoms. The van der Waals surface area contributed by atoms with Crippen molar-refractivity contribution in [1.29, 1.82) is 0 Å². The Hall–Kier alpha value is -3.90. The van der Waals surface area contributed by atoms with E-state index in [4.69, 9.17) is 11.6 Å². The van der Waals surface area contributed by atoms with Gasteiger partial charge in [0.25, 0.3) is 17.7 Å². The van der Waals surface area contributed by atoms with Crippen molar-refractivity contribution >= 4 is 40.7 Å². The predicted molar refractivity (Wildman–Crippen MR) is 129 cm³/mol. The van der Waals surface area contributed by atoms with Crippen molar-refractivity contribution in [2.24, 2.45) is 0 Å². The number of hydrogen-bond acceptors (Lipinski definition) is 4. The second-order valence-electron chi connectivity index (χ2n) is 7.80. The van der Waals surface area contributed by atoms with E-state index >= 15 is 0 Å². The molecule has 1 heterocycles. The smallest absolute Gasteiger partial charge is 0.283 e. The third kappa shape index (κ3) is 4.66. The molecule has 0 fully saturated rings. The van der Waals surface area contributed by atoms with E-state index in [1.165, 1.54) is 0 Å². The molecule has 2 N–H and O–H groups in total. The Morgan fingerprint density at radius 1 is 0.909 bits per heavy atom. The number of aryl methyl sites for hydroxylation is 2. The van der Waals surface area contributed by atoms with Crippen molar-refractivity contribution < 1.29 is 14.4 Å². The Labute approximate surface area is 196 Å². The molecule has 0 spiro atoms. The fraction of sp³-hybridized carbons (Fsp3) is 0.115. The van der Waals surface area contributed by atoms with Gasteiger partial charge in [0.1, 0.15) is 10.7 Å². The van der Waals surface area contributed by atoms with Gasteiger partial charge in [-0.1, -0.05) is 60.1 Å². The van der Waals surface area contributed by atoms with Crippen molar-refractivity contribution in [3.8, 4) is 0 Å². The van der Waals surface area contributed by atoms with Gasteiger partial charge in [-0.05, 0) is 54.8 Å². The summed E-state index contributed by atoms with van der Waals surface area (Å²) in [6.07, 6.45) is 0. The molecule has 3 aromatic rings. The lowest BCUT2D eigenvalue weighted by Gasteiger charge is -2.18. The van der Waals surface area contributed by atoms with Gasteiger partial charge in [-0.15, -0.1) is 0 Å². The largest absolute Gasteiger partial charge is 0.350 e. The van der Waals surface area contributed by atoms with Crippen LogP contribution in [0, 0.1) is 13.8 Å². The van der Waals surface area contributed by atoms with Gasteiger partial charge in [-0.25, -0.2) is 4.90 Å². The molecule has 166 valence electrons. The van der Waals surface area contributed by atoms with Gasteiger partial charge in [0.2, 0.25) is 0 Å². The van der Waals surface area contributed by atoms with Gasteiger partial charge in [-0.2, -0.15) is 0 Å². The van der Waals surface area contributed by atoms with E-state index in [1.54, 1.807) is 30.3 Å². The average Bonchev–Trinajstić information content (AvgIpc) is 3.03. The Bertz CT molecular complexity index is 1280. The number of anilines is 2. The first-order valence-corrected chi connectivity index (χ1v) is 10.8. The number of nitrogens with one attached hydrogen (secondary N) is 2. The van der Waals surface area contributed by atoms with Crippen molar-refractivity contribution in [2.45, 2.75) is 20.4 Å². The summed E-state index contributed by atoms with van der Waals surface area (Å²) in [4.78, 5) is 39.5. The maximum atomic E-state index is 13.1. The zero-order valence-corrected chi connectivity index (χ0v) is 18.9. The van der Waals surface area contributed by atoms with Crippen LogP contribution in [0.15, 0.2) is 83.5 Å². The van der Waals surface area contributed by atoms with E-state index < -0.39 is 11.8 Å². The van der Waals surface area contributed by atoms with Gasteiger partial charge >= 0.3 is 0 Å². The molecule has 0 radical (unpaired) electrons. The van der Waals surface area contributed by atoms with Crippen LogP contribution in [0.1, 0.15) is 27.0 Å². The number of nitrogens with zero attached hydrogens (tertiary/aromatic N) is 1. The fourth-order valence-electron chi connectivity index (χ4n) is 3.55. The van der Waals surface area contributed by atoms with E-state index in [2.05, 4.69) is 10.6 Å². The number of amides is 3. The Kier molecular flexibility index (Phi) is 6.29. The lowest BCUT2D eigenvalue weighted by molar-refractivity contribution is -0.120.